The van der Waals surface area contributed by atoms with Crippen LogP contribution in [0.5, 0.6) is 5.75 Å². The Morgan fingerprint density at radius 3 is 2.76 bits per heavy atom. The third-order valence-corrected chi connectivity index (χ3v) is 5.19. The first-order chi connectivity index (χ1) is 14.0. The van der Waals surface area contributed by atoms with Gasteiger partial charge in [-0.15, -0.1) is 0 Å². The van der Waals surface area contributed by atoms with Gasteiger partial charge in [-0.05, 0) is 55.7 Å². The maximum absolute atomic E-state index is 12.3. The van der Waals surface area contributed by atoms with Crippen molar-refractivity contribution in [2.45, 2.75) is 32.6 Å². The zero-order chi connectivity index (χ0) is 20.4. The molecule has 29 heavy (non-hydrogen) atoms. The highest BCUT2D eigenvalue weighted by Gasteiger charge is 2.18. The molecule has 1 aliphatic rings. The molecule has 0 radical (unpaired) electrons. The van der Waals surface area contributed by atoms with Crippen molar-refractivity contribution in [1.82, 2.24) is 0 Å². The first-order valence-electron chi connectivity index (χ1n) is 9.54. The van der Waals surface area contributed by atoms with Crippen molar-refractivity contribution in [3.63, 3.8) is 0 Å². The van der Waals surface area contributed by atoms with Crippen LogP contribution < -0.4 is 15.4 Å². The fourth-order valence-electron chi connectivity index (χ4n) is 3.57. The quantitative estimate of drug-likeness (QED) is 0.621. The Morgan fingerprint density at radius 2 is 1.93 bits per heavy atom. The number of fused-ring (bicyclic) bond motifs is 3. The minimum Gasteiger partial charge on any atom is -0.484 e. The van der Waals surface area contributed by atoms with Crippen LogP contribution in [0.15, 0.2) is 40.8 Å². The molecule has 2 amide bonds. The van der Waals surface area contributed by atoms with Crippen LogP contribution in [0.4, 0.5) is 11.4 Å². The first-order valence-corrected chi connectivity index (χ1v) is 9.91. The van der Waals surface area contributed by atoms with Gasteiger partial charge in [-0.2, -0.15) is 0 Å². The maximum atomic E-state index is 12.3. The highest BCUT2D eigenvalue weighted by Crippen LogP contribution is 2.34. The van der Waals surface area contributed by atoms with E-state index in [9.17, 15) is 9.59 Å². The molecule has 1 aliphatic carbocycles. The van der Waals surface area contributed by atoms with E-state index in [4.69, 9.17) is 20.8 Å². The normalized spacial score (nSPS) is 13.0. The Morgan fingerprint density at radius 1 is 1.10 bits per heavy atom. The number of carbonyl (C=O) groups excluding carboxylic acids is 2. The SMILES string of the molecule is CC(=O)Nc1ccc(Cl)c(NC(=O)COc2ccc3oc4c(c3c2)CCCC4)c1. The number of halogens is 1. The van der Waals surface area contributed by atoms with Crippen molar-refractivity contribution in [2.24, 2.45) is 0 Å². The van der Waals surface area contributed by atoms with E-state index in [-0.39, 0.29) is 18.4 Å². The van der Waals surface area contributed by atoms with Crippen molar-refractivity contribution in [3.8, 4) is 5.75 Å². The molecular weight excluding hydrogens is 392 g/mol. The van der Waals surface area contributed by atoms with Gasteiger partial charge in [0.15, 0.2) is 6.61 Å². The summed E-state index contributed by atoms with van der Waals surface area (Å²) in [7, 11) is 0. The molecule has 0 unspecified atom stereocenters. The monoisotopic (exact) mass is 412 g/mol. The van der Waals surface area contributed by atoms with Gasteiger partial charge in [0.05, 0.1) is 10.7 Å². The highest BCUT2D eigenvalue weighted by atomic mass is 35.5. The number of anilines is 2. The number of hydrogen-bond donors (Lipinski definition) is 2. The molecule has 7 heteroatoms. The van der Waals surface area contributed by atoms with Gasteiger partial charge in [-0.3, -0.25) is 9.59 Å². The minimum atomic E-state index is -0.346. The zero-order valence-corrected chi connectivity index (χ0v) is 16.8. The summed E-state index contributed by atoms with van der Waals surface area (Å²) < 4.78 is 11.6. The molecule has 1 aromatic heterocycles. The third-order valence-electron chi connectivity index (χ3n) is 4.86. The third kappa shape index (κ3) is 4.38. The summed E-state index contributed by atoms with van der Waals surface area (Å²) in [5.41, 5.74) is 3.07. The minimum absolute atomic E-state index is 0.160. The van der Waals surface area contributed by atoms with Crippen molar-refractivity contribution < 1.29 is 18.7 Å². The molecule has 150 valence electrons. The lowest BCUT2D eigenvalue weighted by atomic mass is 9.96. The molecule has 2 aromatic carbocycles. The van der Waals surface area contributed by atoms with Crippen LogP contribution in [-0.2, 0) is 22.4 Å². The Kier molecular flexibility index (Phi) is 5.45. The number of amides is 2. The average Bonchev–Trinajstić information content (AvgIpc) is 3.06. The molecule has 0 saturated carbocycles. The van der Waals surface area contributed by atoms with E-state index in [0.717, 1.165) is 42.4 Å². The lowest BCUT2D eigenvalue weighted by molar-refractivity contribution is -0.118. The van der Waals surface area contributed by atoms with E-state index in [2.05, 4.69) is 10.6 Å². The number of rotatable bonds is 5. The lowest BCUT2D eigenvalue weighted by Gasteiger charge is -2.11. The zero-order valence-electron chi connectivity index (χ0n) is 16.0. The van der Waals surface area contributed by atoms with E-state index in [1.165, 1.54) is 12.5 Å². The molecule has 0 bridgehead atoms. The van der Waals surface area contributed by atoms with Crippen LogP contribution in [0.2, 0.25) is 5.02 Å². The number of hydrogen-bond acceptors (Lipinski definition) is 4. The van der Waals surface area contributed by atoms with Crippen molar-refractivity contribution in [2.75, 3.05) is 17.2 Å². The molecule has 0 fully saturated rings. The van der Waals surface area contributed by atoms with Gasteiger partial charge >= 0.3 is 0 Å². The van der Waals surface area contributed by atoms with Crippen LogP contribution in [0.25, 0.3) is 11.0 Å². The Balaban J connectivity index is 1.43. The van der Waals surface area contributed by atoms with E-state index in [0.29, 0.717) is 22.1 Å². The molecule has 4 rings (SSSR count). The van der Waals surface area contributed by atoms with E-state index >= 15 is 0 Å². The summed E-state index contributed by atoms with van der Waals surface area (Å²) in [4.78, 5) is 23.5. The predicted octanol–water partition coefficient (Wildman–Crippen LogP) is 4.94. The molecule has 0 aliphatic heterocycles. The second kappa shape index (κ2) is 8.17. The second-order valence-electron chi connectivity index (χ2n) is 7.08. The number of nitrogens with one attached hydrogen (secondary N) is 2. The molecule has 2 N–H and O–H groups in total. The Hall–Kier alpha value is -2.99. The fourth-order valence-corrected chi connectivity index (χ4v) is 3.73. The summed E-state index contributed by atoms with van der Waals surface area (Å²) in [6.07, 6.45) is 4.30. The van der Waals surface area contributed by atoms with E-state index < -0.39 is 0 Å². The maximum Gasteiger partial charge on any atom is 0.262 e. The molecule has 6 nitrogen and oxygen atoms in total. The number of carbonyl (C=O) groups is 2. The van der Waals surface area contributed by atoms with Crippen LogP contribution >= 0.6 is 11.6 Å². The van der Waals surface area contributed by atoms with Crippen molar-refractivity contribution in [3.05, 3.63) is 52.7 Å². The fraction of sp³-hybridized carbons (Fsp3) is 0.273. The van der Waals surface area contributed by atoms with Gasteiger partial charge in [0.2, 0.25) is 5.91 Å². The molecular formula is C22H21ClN2O4. The number of furan rings is 1. The lowest BCUT2D eigenvalue weighted by Crippen LogP contribution is -2.20. The molecule has 0 atom stereocenters. The standard InChI is InChI=1S/C22H21ClN2O4/c1-13(26)24-14-6-8-18(23)19(10-14)25-22(27)12-28-15-7-9-21-17(11-15)16-4-2-3-5-20(16)29-21/h6-11H,2-5,12H2,1H3,(H,24,26)(H,25,27). The van der Waals surface area contributed by atoms with E-state index in [1.807, 2.05) is 12.1 Å². The summed E-state index contributed by atoms with van der Waals surface area (Å²) in [6, 6.07) is 10.5. The van der Waals surface area contributed by atoms with Gasteiger partial charge in [0, 0.05) is 30.0 Å². The van der Waals surface area contributed by atoms with Crippen LogP contribution in [0.3, 0.4) is 0 Å². The molecule has 0 saturated heterocycles. The Bertz CT molecular complexity index is 1090. The first kappa shape index (κ1) is 19.3. The average molecular weight is 413 g/mol. The topological polar surface area (TPSA) is 80.6 Å². The number of aryl methyl sites for hydroxylation is 2. The number of ether oxygens (including phenoxy) is 1. The molecule has 3 aromatic rings. The summed E-state index contributed by atoms with van der Waals surface area (Å²) >= 11 is 6.14. The van der Waals surface area contributed by atoms with Crippen LogP contribution in [0.1, 0.15) is 31.1 Å². The Labute approximate surface area is 173 Å². The largest absolute Gasteiger partial charge is 0.484 e. The van der Waals surface area contributed by atoms with E-state index in [1.54, 1.807) is 24.3 Å². The summed E-state index contributed by atoms with van der Waals surface area (Å²) in [5.74, 6) is 1.13. The molecule has 1 heterocycles. The van der Waals surface area contributed by atoms with Gasteiger partial charge in [-0.25, -0.2) is 0 Å². The number of benzene rings is 2. The highest BCUT2D eigenvalue weighted by molar-refractivity contribution is 6.33. The van der Waals surface area contributed by atoms with Gasteiger partial charge in [0.25, 0.3) is 5.91 Å². The molecule has 0 spiro atoms. The summed E-state index contributed by atoms with van der Waals surface area (Å²) in [6.45, 7) is 1.25. The van der Waals surface area contributed by atoms with Gasteiger partial charge in [0.1, 0.15) is 17.1 Å². The van der Waals surface area contributed by atoms with Gasteiger partial charge in [-0.1, -0.05) is 11.6 Å². The van der Waals surface area contributed by atoms with Crippen molar-refractivity contribution >= 4 is 45.8 Å². The van der Waals surface area contributed by atoms with Crippen LogP contribution in [0, 0.1) is 0 Å². The predicted molar refractivity (Wildman–Crippen MR) is 113 cm³/mol. The van der Waals surface area contributed by atoms with Crippen LogP contribution in [-0.4, -0.2) is 18.4 Å². The summed E-state index contributed by atoms with van der Waals surface area (Å²) in [5, 5.41) is 6.80. The smallest absolute Gasteiger partial charge is 0.262 e. The van der Waals surface area contributed by atoms with Crippen molar-refractivity contribution in [1.29, 1.82) is 0 Å². The van der Waals surface area contributed by atoms with Gasteiger partial charge < -0.3 is 19.8 Å². The second-order valence-corrected chi connectivity index (χ2v) is 7.49.